The number of hydrogen-bond donors (Lipinski definition) is 1. The summed E-state index contributed by atoms with van der Waals surface area (Å²) >= 11 is 0. The number of methoxy groups -OCH3 is 1. The van der Waals surface area contributed by atoms with Crippen LogP contribution >= 0.6 is 0 Å². The summed E-state index contributed by atoms with van der Waals surface area (Å²) in [6.07, 6.45) is 0.577. The lowest BCUT2D eigenvalue weighted by Crippen LogP contribution is -2.16. The second kappa shape index (κ2) is 6.63. The van der Waals surface area contributed by atoms with Crippen LogP contribution in [-0.2, 0) is 19.8 Å². The first-order valence-electron chi connectivity index (χ1n) is 5.71. The maximum absolute atomic E-state index is 13.0. The Balaban J connectivity index is 2.75. The van der Waals surface area contributed by atoms with E-state index in [4.69, 9.17) is 4.74 Å². The molecule has 1 N–H and O–H groups in total. The van der Waals surface area contributed by atoms with Gasteiger partial charge in [0.25, 0.3) is 0 Å². The molecule has 0 spiro atoms. The summed E-state index contributed by atoms with van der Waals surface area (Å²) < 4.78 is 39.8. The van der Waals surface area contributed by atoms with E-state index < -0.39 is 15.1 Å². The van der Waals surface area contributed by atoms with E-state index in [1.807, 2.05) is 6.92 Å². The van der Waals surface area contributed by atoms with Gasteiger partial charge in [0.1, 0.15) is 4.90 Å². The van der Waals surface area contributed by atoms with Crippen molar-refractivity contribution in [1.82, 2.24) is 0 Å². The van der Waals surface area contributed by atoms with Crippen molar-refractivity contribution in [3.63, 3.8) is 0 Å². The molecule has 106 valence electrons. The standard InChI is InChI=1S/C12H16FNO4S/c1-9(18-2)7-8-12(15)14-10-5-3-4-6-11(10)19(13,16)17/h3-6,9H,7-8H2,1-2H3,(H,14,15). The zero-order chi connectivity index (χ0) is 14.5. The summed E-state index contributed by atoms with van der Waals surface area (Å²) in [4.78, 5) is 11.1. The van der Waals surface area contributed by atoms with Crippen LogP contribution in [0.4, 0.5) is 9.57 Å². The van der Waals surface area contributed by atoms with Gasteiger partial charge in [-0.15, -0.1) is 3.89 Å². The number of anilines is 1. The molecule has 1 aromatic carbocycles. The maximum atomic E-state index is 13.0. The molecule has 0 heterocycles. The fourth-order valence-corrected chi connectivity index (χ4v) is 2.07. The minimum Gasteiger partial charge on any atom is -0.382 e. The summed E-state index contributed by atoms with van der Waals surface area (Å²) in [7, 11) is -3.32. The topological polar surface area (TPSA) is 72.5 Å². The van der Waals surface area contributed by atoms with Crippen molar-refractivity contribution in [2.75, 3.05) is 12.4 Å². The SMILES string of the molecule is COC(C)CCC(=O)Nc1ccccc1S(=O)(=O)F. The van der Waals surface area contributed by atoms with Crippen molar-refractivity contribution < 1.29 is 21.8 Å². The summed E-state index contributed by atoms with van der Waals surface area (Å²) in [6.45, 7) is 1.81. The predicted octanol–water partition coefficient (Wildman–Crippen LogP) is 2.10. The number of carbonyl (C=O) groups excluding carboxylic acids is 1. The summed E-state index contributed by atoms with van der Waals surface area (Å²) in [5, 5.41) is 2.38. The number of amides is 1. The first-order chi connectivity index (χ1) is 8.84. The molecular weight excluding hydrogens is 273 g/mol. The Morgan fingerprint density at radius 1 is 1.42 bits per heavy atom. The number of halogens is 1. The fourth-order valence-electron chi connectivity index (χ4n) is 1.45. The van der Waals surface area contributed by atoms with Gasteiger partial charge in [-0.3, -0.25) is 4.79 Å². The Morgan fingerprint density at radius 3 is 2.63 bits per heavy atom. The fraction of sp³-hybridized carbons (Fsp3) is 0.417. The third-order valence-corrected chi connectivity index (χ3v) is 3.49. The van der Waals surface area contributed by atoms with Gasteiger partial charge < -0.3 is 10.1 Å². The smallest absolute Gasteiger partial charge is 0.334 e. The van der Waals surface area contributed by atoms with Crippen LogP contribution in [0.1, 0.15) is 19.8 Å². The zero-order valence-electron chi connectivity index (χ0n) is 10.7. The van der Waals surface area contributed by atoms with E-state index in [1.165, 1.54) is 25.3 Å². The lowest BCUT2D eigenvalue weighted by molar-refractivity contribution is -0.116. The van der Waals surface area contributed by atoms with Crippen LogP contribution < -0.4 is 5.32 Å². The summed E-state index contributed by atoms with van der Waals surface area (Å²) in [6, 6.07) is 5.34. The molecule has 0 aromatic heterocycles. The van der Waals surface area contributed by atoms with E-state index in [0.717, 1.165) is 6.07 Å². The molecular formula is C12H16FNO4S. The predicted molar refractivity (Wildman–Crippen MR) is 69.1 cm³/mol. The maximum Gasteiger partial charge on any atom is 0.334 e. The van der Waals surface area contributed by atoms with Crippen molar-refractivity contribution >= 4 is 21.8 Å². The molecule has 19 heavy (non-hydrogen) atoms. The summed E-state index contributed by atoms with van der Waals surface area (Å²) in [5.74, 6) is -0.389. The van der Waals surface area contributed by atoms with E-state index in [2.05, 4.69) is 5.32 Å². The third kappa shape index (κ3) is 4.96. The van der Waals surface area contributed by atoms with Gasteiger partial charge in [0.15, 0.2) is 0 Å². The largest absolute Gasteiger partial charge is 0.382 e. The quantitative estimate of drug-likeness (QED) is 0.814. The first-order valence-corrected chi connectivity index (χ1v) is 7.09. The molecule has 0 aliphatic carbocycles. The van der Waals surface area contributed by atoms with Gasteiger partial charge in [0.05, 0.1) is 11.8 Å². The highest BCUT2D eigenvalue weighted by Crippen LogP contribution is 2.22. The number of ether oxygens (including phenoxy) is 1. The molecule has 0 radical (unpaired) electrons. The normalized spacial score (nSPS) is 13.0. The van der Waals surface area contributed by atoms with Crippen LogP contribution in [0, 0.1) is 0 Å². The van der Waals surface area contributed by atoms with Gasteiger partial charge in [-0.1, -0.05) is 12.1 Å². The van der Waals surface area contributed by atoms with Gasteiger partial charge in [-0.25, -0.2) is 0 Å². The highest BCUT2D eigenvalue weighted by molar-refractivity contribution is 7.86. The van der Waals surface area contributed by atoms with Gasteiger partial charge in [0, 0.05) is 13.5 Å². The number of hydrogen-bond acceptors (Lipinski definition) is 4. The van der Waals surface area contributed by atoms with Crippen LogP contribution in [0.15, 0.2) is 29.2 Å². The number of nitrogens with one attached hydrogen (secondary N) is 1. The van der Waals surface area contributed by atoms with Crippen molar-refractivity contribution in [3.05, 3.63) is 24.3 Å². The lowest BCUT2D eigenvalue weighted by Gasteiger charge is -2.10. The number of benzene rings is 1. The Bertz CT molecular complexity index is 544. The van der Waals surface area contributed by atoms with Crippen LogP contribution in [0.25, 0.3) is 0 Å². The van der Waals surface area contributed by atoms with Crippen LogP contribution in [0.2, 0.25) is 0 Å². The molecule has 0 aliphatic rings. The molecule has 0 saturated heterocycles. The van der Waals surface area contributed by atoms with Crippen molar-refractivity contribution in [2.24, 2.45) is 0 Å². The minimum absolute atomic E-state index is 0.0555. The van der Waals surface area contributed by atoms with E-state index in [-0.39, 0.29) is 24.1 Å². The molecule has 1 aromatic rings. The van der Waals surface area contributed by atoms with Crippen LogP contribution in [-0.4, -0.2) is 27.5 Å². The number of carbonyl (C=O) groups is 1. The van der Waals surface area contributed by atoms with E-state index >= 15 is 0 Å². The van der Waals surface area contributed by atoms with Gasteiger partial charge >= 0.3 is 10.2 Å². The van der Waals surface area contributed by atoms with Crippen LogP contribution in [0.5, 0.6) is 0 Å². The monoisotopic (exact) mass is 289 g/mol. The second-order valence-corrected chi connectivity index (χ2v) is 5.38. The van der Waals surface area contributed by atoms with Crippen molar-refractivity contribution in [3.8, 4) is 0 Å². The Kier molecular flexibility index (Phi) is 5.44. The highest BCUT2D eigenvalue weighted by Gasteiger charge is 2.18. The van der Waals surface area contributed by atoms with Gasteiger partial charge in [-0.2, -0.15) is 8.42 Å². The van der Waals surface area contributed by atoms with Gasteiger partial charge in [0.2, 0.25) is 5.91 Å². The molecule has 5 nitrogen and oxygen atoms in total. The number of para-hydroxylation sites is 1. The molecule has 1 atom stereocenters. The van der Waals surface area contributed by atoms with E-state index in [0.29, 0.717) is 6.42 Å². The van der Waals surface area contributed by atoms with Gasteiger partial charge in [-0.05, 0) is 25.5 Å². The van der Waals surface area contributed by atoms with Crippen molar-refractivity contribution in [2.45, 2.75) is 30.8 Å². The second-order valence-electron chi connectivity index (χ2n) is 4.07. The molecule has 7 heteroatoms. The molecule has 1 rings (SSSR count). The Morgan fingerprint density at radius 2 is 2.05 bits per heavy atom. The van der Waals surface area contributed by atoms with Crippen molar-refractivity contribution in [1.29, 1.82) is 0 Å². The third-order valence-electron chi connectivity index (χ3n) is 2.60. The highest BCUT2D eigenvalue weighted by atomic mass is 32.3. The molecule has 0 bridgehead atoms. The summed E-state index contributed by atoms with van der Waals surface area (Å²) in [5.41, 5.74) is -0.0555. The van der Waals surface area contributed by atoms with Crippen LogP contribution in [0.3, 0.4) is 0 Å². The Labute approximate surface area is 112 Å². The zero-order valence-corrected chi connectivity index (χ0v) is 11.5. The average Bonchev–Trinajstić information content (AvgIpc) is 2.35. The lowest BCUT2D eigenvalue weighted by atomic mass is 10.2. The first kappa shape index (κ1) is 15.6. The van der Waals surface area contributed by atoms with E-state index in [1.54, 1.807) is 0 Å². The van der Waals surface area contributed by atoms with E-state index in [9.17, 15) is 17.1 Å². The number of rotatable bonds is 6. The average molecular weight is 289 g/mol. The molecule has 1 amide bonds. The Hall–Kier alpha value is -1.47. The molecule has 0 aliphatic heterocycles. The molecule has 0 fully saturated rings. The molecule has 0 saturated carbocycles. The minimum atomic E-state index is -4.85. The molecule has 1 unspecified atom stereocenters.